The Morgan fingerprint density at radius 3 is 2.71 bits per heavy atom. The molecule has 144 valence electrons. The van der Waals surface area contributed by atoms with Crippen LogP contribution in [0, 0.1) is 0 Å². The Morgan fingerprint density at radius 2 is 1.93 bits per heavy atom. The van der Waals surface area contributed by atoms with Crippen molar-refractivity contribution in [2.45, 2.75) is 0 Å². The van der Waals surface area contributed by atoms with Crippen LogP contribution in [0.15, 0.2) is 41.9 Å². The Hall–Kier alpha value is -2.55. The first-order valence-corrected chi connectivity index (χ1v) is 10.5. The minimum absolute atomic E-state index is 0.0526. The van der Waals surface area contributed by atoms with Crippen molar-refractivity contribution >= 4 is 54.1 Å². The van der Waals surface area contributed by atoms with Gasteiger partial charge in [-0.05, 0) is 44.4 Å². The van der Waals surface area contributed by atoms with Crippen LogP contribution in [0.1, 0.15) is 10.4 Å². The molecule has 0 N–H and O–H groups in total. The Balaban J connectivity index is 1.72. The molecule has 0 fully saturated rings. The van der Waals surface area contributed by atoms with Gasteiger partial charge in [0.2, 0.25) is 0 Å². The van der Waals surface area contributed by atoms with Gasteiger partial charge in [-0.1, -0.05) is 11.3 Å². The molecule has 4 aromatic rings. The van der Waals surface area contributed by atoms with Gasteiger partial charge in [0, 0.05) is 24.7 Å². The molecule has 0 saturated heterocycles. The number of fused-ring (bicyclic) bond motifs is 2. The van der Waals surface area contributed by atoms with E-state index in [9.17, 15) is 4.79 Å². The lowest BCUT2D eigenvalue weighted by molar-refractivity contribution is 0.0985. The number of likely N-dealkylation sites (N-methyl/N-ethyl adjacent to an activating group) is 1. The van der Waals surface area contributed by atoms with Gasteiger partial charge in [0.15, 0.2) is 5.13 Å². The van der Waals surface area contributed by atoms with Crippen molar-refractivity contribution in [3.05, 3.63) is 47.5 Å². The van der Waals surface area contributed by atoms with Crippen LogP contribution in [-0.2, 0) is 0 Å². The van der Waals surface area contributed by atoms with Crippen molar-refractivity contribution in [3.63, 3.8) is 0 Å². The molecule has 0 unspecified atom stereocenters. The molecule has 0 saturated carbocycles. The van der Waals surface area contributed by atoms with Crippen molar-refractivity contribution in [1.82, 2.24) is 14.9 Å². The highest BCUT2D eigenvalue weighted by molar-refractivity contribution is 7.22. The fourth-order valence-corrected chi connectivity index (χ4v) is 4.55. The number of methoxy groups -OCH3 is 1. The molecule has 2 heterocycles. The Morgan fingerprint density at radius 1 is 1.07 bits per heavy atom. The lowest BCUT2D eigenvalue weighted by Crippen LogP contribution is -2.36. The zero-order valence-corrected chi connectivity index (χ0v) is 17.5. The lowest BCUT2D eigenvalue weighted by Gasteiger charge is -2.22. The minimum Gasteiger partial charge on any atom is -0.497 e. The highest BCUT2D eigenvalue weighted by Crippen LogP contribution is 2.32. The molecule has 8 heteroatoms. The highest BCUT2D eigenvalue weighted by Gasteiger charge is 2.22. The van der Waals surface area contributed by atoms with Crippen LogP contribution in [-0.4, -0.2) is 55.1 Å². The second-order valence-electron chi connectivity index (χ2n) is 6.63. The van der Waals surface area contributed by atoms with Gasteiger partial charge in [0.25, 0.3) is 5.91 Å². The summed E-state index contributed by atoms with van der Waals surface area (Å²) >= 11 is 3.05. The van der Waals surface area contributed by atoms with E-state index in [0.717, 1.165) is 32.7 Å². The number of ether oxygens (including phenoxy) is 1. The average molecular weight is 413 g/mol. The zero-order chi connectivity index (χ0) is 19.7. The molecule has 28 heavy (non-hydrogen) atoms. The van der Waals surface area contributed by atoms with Gasteiger partial charge >= 0.3 is 0 Å². The predicted molar refractivity (Wildman–Crippen MR) is 116 cm³/mol. The Labute approximate surface area is 171 Å². The van der Waals surface area contributed by atoms with Crippen LogP contribution in [0.2, 0.25) is 0 Å². The molecule has 0 aliphatic heterocycles. The van der Waals surface area contributed by atoms with Crippen molar-refractivity contribution in [2.24, 2.45) is 0 Å². The fourth-order valence-electron chi connectivity index (χ4n) is 2.87. The van der Waals surface area contributed by atoms with Crippen LogP contribution < -0.4 is 9.64 Å². The number of aromatic nitrogens is 2. The van der Waals surface area contributed by atoms with E-state index in [0.29, 0.717) is 17.2 Å². The molecular weight excluding hydrogens is 392 g/mol. The quantitative estimate of drug-likeness (QED) is 0.477. The molecule has 0 aliphatic rings. The van der Waals surface area contributed by atoms with Gasteiger partial charge in [-0.2, -0.15) is 0 Å². The summed E-state index contributed by atoms with van der Waals surface area (Å²) in [6.07, 6.45) is 0. The number of hydrogen-bond donors (Lipinski definition) is 0. The third-order valence-corrected chi connectivity index (χ3v) is 6.26. The van der Waals surface area contributed by atoms with Crippen LogP contribution in [0.4, 0.5) is 5.13 Å². The van der Waals surface area contributed by atoms with Crippen LogP contribution in [0.5, 0.6) is 5.75 Å². The molecule has 6 nitrogen and oxygen atoms in total. The molecular formula is C20H20N4O2S2. The van der Waals surface area contributed by atoms with E-state index >= 15 is 0 Å². The molecule has 4 rings (SSSR count). The SMILES string of the molecule is COc1ccc2sc(N(CCN(C)C)C(=O)c3ccc4ncsc4c3)nc2c1. The predicted octanol–water partition coefficient (Wildman–Crippen LogP) is 4.12. The number of carbonyl (C=O) groups is 1. The molecule has 0 spiro atoms. The van der Waals surface area contributed by atoms with Crippen LogP contribution in [0.3, 0.4) is 0 Å². The third kappa shape index (κ3) is 3.71. The number of nitrogens with zero attached hydrogens (tertiary/aromatic N) is 4. The summed E-state index contributed by atoms with van der Waals surface area (Å²) < 4.78 is 7.32. The molecule has 0 aliphatic carbocycles. The summed E-state index contributed by atoms with van der Waals surface area (Å²) in [5.41, 5.74) is 4.18. The molecule has 2 aromatic carbocycles. The number of benzene rings is 2. The van der Waals surface area contributed by atoms with E-state index in [2.05, 4.69) is 9.88 Å². The summed E-state index contributed by atoms with van der Waals surface area (Å²) in [4.78, 5) is 26.2. The van der Waals surface area contributed by atoms with E-state index in [-0.39, 0.29) is 5.91 Å². The van der Waals surface area contributed by atoms with Gasteiger partial charge < -0.3 is 9.64 Å². The van der Waals surface area contributed by atoms with Crippen molar-refractivity contribution < 1.29 is 9.53 Å². The van der Waals surface area contributed by atoms with Gasteiger partial charge in [-0.25, -0.2) is 9.97 Å². The Bertz CT molecular complexity index is 1140. The largest absolute Gasteiger partial charge is 0.497 e. The minimum atomic E-state index is -0.0526. The second kappa shape index (κ2) is 7.83. The van der Waals surface area contributed by atoms with Gasteiger partial charge in [0.05, 0.1) is 33.1 Å². The summed E-state index contributed by atoms with van der Waals surface area (Å²) in [6.45, 7) is 1.30. The first kappa shape index (κ1) is 18.8. The fraction of sp³-hybridized carbons (Fsp3) is 0.250. The zero-order valence-electron chi connectivity index (χ0n) is 15.9. The van der Waals surface area contributed by atoms with Gasteiger partial charge in [-0.15, -0.1) is 11.3 Å². The summed E-state index contributed by atoms with van der Waals surface area (Å²) in [5.74, 6) is 0.703. The molecule has 1 amide bonds. The van der Waals surface area contributed by atoms with Crippen molar-refractivity contribution in [2.75, 3.05) is 39.2 Å². The lowest BCUT2D eigenvalue weighted by atomic mass is 10.2. The van der Waals surface area contributed by atoms with E-state index in [1.54, 1.807) is 17.5 Å². The maximum atomic E-state index is 13.4. The third-order valence-electron chi connectivity index (χ3n) is 4.41. The molecule has 0 bridgehead atoms. The molecule has 0 atom stereocenters. The van der Waals surface area contributed by atoms with Crippen molar-refractivity contribution in [1.29, 1.82) is 0 Å². The first-order valence-electron chi connectivity index (χ1n) is 8.79. The number of carbonyl (C=O) groups excluding carboxylic acids is 1. The smallest absolute Gasteiger partial charge is 0.260 e. The summed E-state index contributed by atoms with van der Waals surface area (Å²) in [5, 5.41) is 0.694. The maximum Gasteiger partial charge on any atom is 0.260 e. The second-order valence-corrected chi connectivity index (χ2v) is 8.52. The normalized spacial score (nSPS) is 11.4. The Kier molecular flexibility index (Phi) is 5.25. The van der Waals surface area contributed by atoms with Crippen molar-refractivity contribution in [3.8, 4) is 5.75 Å². The highest BCUT2D eigenvalue weighted by atomic mass is 32.1. The number of thiazole rings is 2. The number of rotatable bonds is 6. The first-order chi connectivity index (χ1) is 13.5. The van der Waals surface area contributed by atoms with E-state index < -0.39 is 0 Å². The molecule has 0 radical (unpaired) electrons. The van der Waals surface area contributed by atoms with Crippen LogP contribution in [0.25, 0.3) is 20.4 Å². The summed E-state index contributed by atoms with van der Waals surface area (Å²) in [6, 6.07) is 11.4. The number of amides is 1. The monoisotopic (exact) mass is 412 g/mol. The average Bonchev–Trinajstić information content (AvgIpc) is 3.32. The number of hydrogen-bond acceptors (Lipinski definition) is 7. The van der Waals surface area contributed by atoms with E-state index in [1.807, 2.05) is 50.5 Å². The van der Waals surface area contributed by atoms with Gasteiger partial charge in [0.1, 0.15) is 5.75 Å². The number of anilines is 1. The summed E-state index contributed by atoms with van der Waals surface area (Å²) in [7, 11) is 5.63. The van der Waals surface area contributed by atoms with Crippen LogP contribution >= 0.6 is 22.7 Å². The van der Waals surface area contributed by atoms with Gasteiger partial charge in [-0.3, -0.25) is 9.69 Å². The van der Waals surface area contributed by atoms with E-state index in [1.165, 1.54) is 22.7 Å². The standard InChI is InChI=1S/C20H20N4O2S2/c1-23(2)8-9-24(19(25)13-4-6-15-18(10-13)27-12-21-15)20-22-16-11-14(26-3)5-7-17(16)28-20/h4-7,10-12H,8-9H2,1-3H3. The molecule has 2 aromatic heterocycles. The topological polar surface area (TPSA) is 58.6 Å². The maximum absolute atomic E-state index is 13.4. The van der Waals surface area contributed by atoms with E-state index in [4.69, 9.17) is 9.72 Å².